The topological polar surface area (TPSA) is 69.7 Å². The maximum atomic E-state index is 12.2. The number of methoxy groups -OCH3 is 1. The molecule has 8 heteroatoms. The van der Waals surface area contributed by atoms with E-state index in [4.69, 9.17) is 25.8 Å². The van der Waals surface area contributed by atoms with Gasteiger partial charge in [-0.2, -0.15) is 0 Å². The zero-order valence-electron chi connectivity index (χ0n) is 15.2. The van der Waals surface area contributed by atoms with Crippen LogP contribution in [0.1, 0.15) is 15.5 Å². The third kappa shape index (κ3) is 5.61. The lowest BCUT2D eigenvalue weighted by atomic mass is 10.3. The first-order valence-electron chi connectivity index (χ1n) is 8.52. The van der Waals surface area contributed by atoms with Crippen molar-refractivity contribution < 1.29 is 19.0 Å². The van der Waals surface area contributed by atoms with Crippen molar-refractivity contribution in [1.82, 2.24) is 10.3 Å². The molecule has 0 aliphatic heterocycles. The number of benzene rings is 2. The number of nitrogens with zero attached hydrogens (tertiary/aromatic N) is 1. The molecule has 3 rings (SSSR count). The highest BCUT2D eigenvalue weighted by molar-refractivity contribution is 7.09. The molecule has 0 spiro atoms. The van der Waals surface area contributed by atoms with Gasteiger partial charge in [-0.15, -0.1) is 11.3 Å². The predicted octanol–water partition coefficient (Wildman–Crippen LogP) is 4.19. The van der Waals surface area contributed by atoms with Gasteiger partial charge in [0.05, 0.1) is 13.7 Å². The van der Waals surface area contributed by atoms with E-state index in [0.717, 1.165) is 0 Å². The lowest BCUT2D eigenvalue weighted by Crippen LogP contribution is -2.28. The fourth-order valence-electron chi connectivity index (χ4n) is 2.31. The van der Waals surface area contributed by atoms with Gasteiger partial charge >= 0.3 is 0 Å². The highest BCUT2D eigenvalue weighted by Crippen LogP contribution is 2.25. The Labute approximate surface area is 172 Å². The van der Waals surface area contributed by atoms with Crippen molar-refractivity contribution in [1.29, 1.82) is 0 Å². The van der Waals surface area contributed by atoms with Crippen LogP contribution in [-0.2, 0) is 6.61 Å². The zero-order chi connectivity index (χ0) is 19.8. The summed E-state index contributed by atoms with van der Waals surface area (Å²) < 4.78 is 16.5. The minimum absolute atomic E-state index is 0.252. The van der Waals surface area contributed by atoms with Crippen LogP contribution in [0.3, 0.4) is 0 Å². The van der Waals surface area contributed by atoms with Crippen LogP contribution >= 0.6 is 22.9 Å². The summed E-state index contributed by atoms with van der Waals surface area (Å²) in [6.45, 7) is 0.963. The van der Waals surface area contributed by atoms with Crippen molar-refractivity contribution in [3.8, 4) is 17.2 Å². The molecule has 0 aliphatic carbocycles. The molecule has 0 saturated carbocycles. The lowest BCUT2D eigenvalue weighted by Gasteiger charge is -2.10. The molecule has 3 aromatic rings. The van der Waals surface area contributed by atoms with Crippen LogP contribution in [0.5, 0.6) is 17.2 Å². The summed E-state index contributed by atoms with van der Waals surface area (Å²) >= 11 is 7.21. The van der Waals surface area contributed by atoms with Gasteiger partial charge in [0.1, 0.15) is 29.7 Å². The monoisotopic (exact) mass is 418 g/mol. The number of para-hydroxylation sites is 2. The van der Waals surface area contributed by atoms with E-state index in [-0.39, 0.29) is 12.5 Å². The van der Waals surface area contributed by atoms with E-state index >= 15 is 0 Å². The average Bonchev–Trinajstić information content (AvgIpc) is 3.20. The highest BCUT2D eigenvalue weighted by Gasteiger charge is 2.11. The fraction of sp³-hybridized carbons (Fsp3) is 0.200. The molecule has 146 valence electrons. The first kappa shape index (κ1) is 20.0. The Kier molecular flexibility index (Phi) is 7.11. The molecule has 1 N–H and O–H groups in total. The Morgan fingerprint density at radius 1 is 1.11 bits per heavy atom. The third-order valence-electron chi connectivity index (χ3n) is 3.67. The second-order valence-corrected chi connectivity index (χ2v) is 7.00. The molecule has 0 unspecified atom stereocenters. The standard InChI is InChI=1S/C20H19ClN2O4S/c1-25-17-4-2-3-5-18(17)26-11-10-22-20(24)16-13-28-19(23-16)12-27-15-8-6-14(21)7-9-15/h2-9,13H,10-12H2,1H3,(H,22,24). The average molecular weight is 419 g/mol. The molecule has 6 nitrogen and oxygen atoms in total. The molecule has 0 bridgehead atoms. The number of aromatic nitrogens is 1. The quantitative estimate of drug-likeness (QED) is 0.527. The number of hydrogen-bond acceptors (Lipinski definition) is 6. The van der Waals surface area contributed by atoms with Gasteiger partial charge in [-0.25, -0.2) is 4.98 Å². The summed E-state index contributed by atoms with van der Waals surface area (Å²) in [6, 6.07) is 14.4. The normalized spacial score (nSPS) is 10.4. The third-order valence-corrected chi connectivity index (χ3v) is 4.75. The maximum absolute atomic E-state index is 12.2. The molecule has 1 amide bonds. The van der Waals surface area contributed by atoms with Crippen LogP contribution in [0.25, 0.3) is 0 Å². The summed E-state index contributed by atoms with van der Waals surface area (Å²) in [5.41, 5.74) is 0.358. The minimum atomic E-state index is -0.252. The number of carbonyl (C=O) groups excluding carboxylic acids is 1. The number of hydrogen-bond donors (Lipinski definition) is 1. The van der Waals surface area contributed by atoms with Gasteiger partial charge in [0.15, 0.2) is 11.5 Å². The largest absolute Gasteiger partial charge is 0.493 e. The number of thiazole rings is 1. The lowest BCUT2D eigenvalue weighted by molar-refractivity contribution is 0.0942. The van der Waals surface area contributed by atoms with Crippen LogP contribution in [0.4, 0.5) is 0 Å². The van der Waals surface area contributed by atoms with Gasteiger partial charge in [0.2, 0.25) is 0 Å². The zero-order valence-corrected chi connectivity index (χ0v) is 16.8. The number of carbonyl (C=O) groups is 1. The maximum Gasteiger partial charge on any atom is 0.270 e. The van der Waals surface area contributed by atoms with E-state index in [2.05, 4.69) is 10.3 Å². The molecular formula is C20H19ClN2O4S. The van der Waals surface area contributed by atoms with Crippen LogP contribution in [0.2, 0.25) is 5.02 Å². The molecule has 0 fully saturated rings. The van der Waals surface area contributed by atoms with Gasteiger partial charge in [0, 0.05) is 10.4 Å². The van der Waals surface area contributed by atoms with E-state index < -0.39 is 0 Å². The van der Waals surface area contributed by atoms with Gasteiger partial charge in [-0.1, -0.05) is 23.7 Å². The Morgan fingerprint density at radius 2 is 1.86 bits per heavy atom. The van der Waals surface area contributed by atoms with Crippen LogP contribution in [-0.4, -0.2) is 31.2 Å². The minimum Gasteiger partial charge on any atom is -0.493 e. The Balaban J connectivity index is 1.43. The van der Waals surface area contributed by atoms with E-state index in [1.165, 1.54) is 11.3 Å². The van der Waals surface area contributed by atoms with Gasteiger partial charge in [0.25, 0.3) is 5.91 Å². The van der Waals surface area contributed by atoms with Crippen molar-refractivity contribution >= 4 is 28.8 Å². The van der Waals surface area contributed by atoms with E-state index in [0.29, 0.717) is 46.1 Å². The number of amides is 1. The highest BCUT2D eigenvalue weighted by atomic mass is 35.5. The van der Waals surface area contributed by atoms with Crippen LogP contribution in [0, 0.1) is 0 Å². The Hall–Kier alpha value is -2.77. The van der Waals surface area contributed by atoms with Gasteiger partial charge < -0.3 is 19.5 Å². The second kappa shape index (κ2) is 9.96. The van der Waals surface area contributed by atoms with Crippen molar-refractivity contribution in [2.24, 2.45) is 0 Å². The summed E-state index contributed by atoms with van der Waals surface area (Å²) in [6.07, 6.45) is 0. The summed E-state index contributed by atoms with van der Waals surface area (Å²) in [4.78, 5) is 16.5. The van der Waals surface area contributed by atoms with Crippen LogP contribution < -0.4 is 19.5 Å². The summed E-state index contributed by atoms with van der Waals surface area (Å²) in [7, 11) is 1.58. The van der Waals surface area contributed by atoms with E-state index in [1.807, 2.05) is 24.3 Å². The van der Waals surface area contributed by atoms with Crippen molar-refractivity contribution in [3.63, 3.8) is 0 Å². The van der Waals surface area contributed by atoms with Gasteiger partial charge in [-0.3, -0.25) is 4.79 Å². The molecule has 0 radical (unpaired) electrons. The number of halogens is 1. The molecule has 1 heterocycles. The molecule has 0 aliphatic rings. The SMILES string of the molecule is COc1ccccc1OCCNC(=O)c1csc(COc2ccc(Cl)cc2)n1. The second-order valence-electron chi connectivity index (χ2n) is 5.62. The summed E-state index contributed by atoms with van der Waals surface area (Å²) in [5, 5.41) is 5.85. The first-order valence-corrected chi connectivity index (χ1v) is 9.78. The van der Waals surface area contributed by atoms with Crippen molar-refractivity contribution in [3.05, 3.63) is 69.6 Å². The van der Waals surface area contributed by atoms with Crippen molar-refractivity contribution in [2.45, 2.75) is 6.61 Å². The molecule has 0 saturated heterocycles. The Morgan fingerprint density at radius 3 is 2.61 bits per heavy atom. The number of nitrogens with one attached hydrogen (secondary N) is 1. The molecule has 1 aromatic heterocycles. The van der Waals surface area contributed by atoms with Crippen LogP contribution in [0.15, 0.2) is 53.9 Å². The predicted molar refractivity (Wildman–Crippen MR) is 109 cm³/mol. The number of rotatable bonds is 9. The molecular weight excluding hydrogens is 400 g/mol. The molecule has 0 atom stereocenters. The Bertz CT molecular complexity index is 915. The first-order chi connectivity index (χ1) is 13.7. The van der Waals surface area contributed by atoms with E-state index in [1.54, 1.807) is 36.8 Å². The summed E-state index contributed by atoms with van der Waals surface area (Å²) in [5.74, 6) is 1.73. The van der Waals surface area contributed by atoms with Gasteiger partial charge in [-0.05, 0) is 36.4 Å². The van der Waals surface area contributed by atoms with E-state index in [9.17, 15) is 4.79 Å². The smallest absolute Gasteiger partial charge is 0.270 e. The fourth-order valence-corrected chi connectivity index (χ4v) is 3.12. The number of ether oxygens (including phenoxy) is 3. The van der Waals surface area contributed by atoms with Crippen molar-refractivity contribution in [2.75, 3.05) is 20.3 Å². The molecule has 2 aromatic carbocycles. The molecule has 28 heavy (non-hydrogen) atoms.